The number of isothiocyanates is 1. The van der Waals surface area contributed by atoms with Gasteiger partial charge in [-0.3, -0.25) is 0 Å². The highest BCUT2D eigenvalue weighted by atomic mass is 32.1. The lowest BCUT2D eigenvalue weighted by molar-refractivity contribution is -0.929. The van der Waals surface area contributed by atoms with Crippen molar-refractivity contribution < 1.29 is 4.48 Å². The zero-order valence-corrected chi connectivity index (χ0v) is 25.7. The molecule has 35 heavy (non-hydrogen) atoms. The summed E-state index contributed by atoms with van der Waals surface area (Å²) in [5.41, 5.74) is 0. The molecule has 3 heteroatoms. The first-order valence-corrected chi connectivity index (χ1v) is 16.4. The number of hydrogen-bond acceptors (Lipinski definition) is 1. The Labute approximate surface area is 228 Å². The molecule has 0 saturated carbocycles. The SMILES string of the molecule is CCCCCCCCC[N+](CCCC)(CCCCCCCCC)CCCCCCCCC.[N-]=C=S. The minimum atomic E-state index is 1.33. The molecule has 0 radical (unpaired) electrons. The van der Waals surface area contributed by atoms with Crippen molar-refractivity contribution in [1.82, 2.24) is 0 Å². The number of nitrogens with zero attached hydrogens (tertiary/aromatic N) is 2. The Bertz CT molecular complexity index is 372. The number of hydrogen-bond donors (Lipinski definition) is 0. The van der Waals surface area contributed by atoms with Crippen LogP contribution >= 0.6 is 12.2 Å². The maximum Gasteiger partial charge on any atom is 0.0786 e. The summed E-state index contributed by atoms with van der Waals surface area (Å²) in [6.07, 6.45) is 33.3. The summed E-state index contributed by atoms with van der Waals surface area (Å²) < 4.78 is 1.46. The van der Waals surface area contributed by atoms with Crippen LogP contribution in [0.3, 0.4) is 0 Å². The van der Waals surface area contributed by atoms with Gasteiger partial charge in [0.25, 0.3) is 0 Å². The van der Waals surface area contributed by atoms with E-state index in [0.717, 1.165) is 0 Å². The van der Waals surface area contributed by atoms with Crippen LogP contribution in [-0.4, -0.2) is 35.8 Å². The first-order chi connectivity index (χ1) is 17.2. The van der Waals surface area contributed by atoms with Crippen molar-refractivity contribution in [2.75, 3.05) is 26.2 Å². The molecule has 0 spiro atoms. The van der Waals surface area contributed by atoms with Crippen molar-refractivity contribution in [2.24, 2.45) is 0 Å². The summed E-state index contributed by atoms with van der Waals surface area (Å²) in [4.78, 5) is 0. The van der Waals surface area contributed by atoms with Gasteiger partial charge in [-0.25, -0.2) is 0 Å². The van der Waals surface area contributed by atoms with Gasteiger partial charge in [-0.1, -0.05) is 143 Å². The van der Waals surface area contributed by atoms with E-state index in [4.69, 9.17) is 5.41 Å². The van der Waals surface area contributed by atoms with Gasteiger partial charge in [-0.05, 0) is 44.9 Å². The number of thiocarbonyl (C=S) groups is 1. The van der Waals surface area contributed by atoms with Gasteiger partial charge >= 0.3 is 0 Å². The highest BCUT2D eigenvalue weighted by molar-refractivity contribution is 7.78. The van der Waals surface area contributed by atoms with Crippen LogP contribution in [0.15, 0.2) is 0 Å². The van der Waals surface area contributed by atoms with Gasteiger partial charge < -0.3 is 9.89 Å². The lowest BCUT2D eigenvalue weighted by atomic mass is 10.0. The number of rotatable bonds is 27. The van der Waals surface area contributed by atoms with Crippen molar-refractivity contribution >= 4 is 17.4 Å². The van der Waals surface area contributed by atoms with Gasteiger partial charge in [0.15, 0.2) is 0 Å². The Morgan fingerprint density at radius 1 is 0.400 bits per heavy atom. The van der Waals surface area contributed by atoms with E-state index >= 15 is 0 Å². The van der Waals surface area contributed by atoms with Crippen LogP contribution < -0.4 is 0 Å². The molecule has 0 bridgehead atoms. The molecule has 0 aromatic rings. The number of quaternary nitrogens is 1. The van der Waals surface area contributed by atoms with Crippen LogP contribution in [0.25, 0.3) is 5.41 Å². The van der Waals surface area contributed by atoms with E-state index in [1.807, 2.05) is 0 Å². The molecule has 0 amide bonds. The summed E-state index contributed by atoms with van der Waals surface area (Å²) in [5.74, 6) is 0. The fourth-order valence-electron chi connectivity index (χ4n) is 5.38. The maximum atomic E-state index is 7.13. The van der Waals surface area contributed by atoms with Crippen molar-refractivity contribution in [3.05, 3.63) is 5.41 Å². The van der Waals surface area contributed by atoms with Gasteiger partial charge in [0.05, 0.1) is 26.2 Å². The average molecular weight is 511 g/mol. The van der Waals surface area contributed by atoms with Crippen LogP contribution in [0, 0.1) is 0 Å². The van der Waals surface area contributed by atoms with Crippen LogP contribution in [0.5, 0.6) is 0 Å². The molecule has 0 N–H and O–H groups in total. The van der Waals surface area contributed by atoms with Crippen LogP contribution in [0.1, 0.15) is 175 Å². The van der Waals surface area contributed by atoms with Gasteiger partial charge in [0.2, 0.25) is 0 Å². The van der Waals surface area contributed by atoms with Gasteiger partial charge in [0, 0.05) is 0 Å². The molecule has 210 valence electrons. The van der Waals surface area contributed by atoms with E-state index in [2.05, 4.69) is 39.9 Å². The van der Waals surface area contributed by atoms with Crippen molar-refractivity contribution in [3.8, 4) is 0 Å². The minimum Gasteiger partial charge on any atom is -0.753 e. The second-order valence-corrected chi connectivity index (χ2v) is 11.2. The first-order valence-electron chi connectivity index (χ1n) is 16.0. The third-order valence-corrected chi connectivity index (χ3v) is 7.69. The minimum absolute atomic E-state index is 1.33. The second-order valence-electron chi connectivity index (χ2n) is 11.0. The highest BCUT2D eigenvalue weighted by Crippen LogP contribution is 2.20. The summed E-state index contributed by atoms with van der Waals surface area (Å²) in [6.45, 7) is 15.2. The molecule has 2 nitrogen and oxygen atoms in total. The molecule has 0 aromatic carbocycles. The third kappa shape index (κ3) is 28.2. The summed E-state index contributed by atoms with van der Waals surface area (Å²) >= 11 is 3.70. The van der Waals surface area contributed by atoms with Crippen molar-refractivity contribution in [2.45, 2.75) is 175 Å². The third-order valence-electron chi connectivity index (χ3n) is 7.69. The molecule has 0 unspecified atom stereocenters. The smallest absolute Gasteiger partial charge is 0.0786 e. The van der Waals surface area contributed by atoms with Gasteiger partial charge in [0.1, 0.15) is 0 Å². The van der Waals surface area contributed by atoms with E-state index in [1.165, 1.54) is 184 Å². The van der Waals surface area contributed by atoms with Crippen LogP contribution in [0.2, 0.25) is 0 Å². The first kappa shape index (κ1) is 36.9. The maximum absolute atomic E-state index is 7.13. The molecular weight excluding hydrogens is 444 g/mol. The van der Waals surface area contributed by atoms with E-state index in [0.29, 0.717) is 0 Å². The predicted octanol–water partition coefficient (Wildman–Crippen LogP) is 11.5. The fourth-order valence-corrected chi connectivity index (χ4v) is 5.38. The Morgan fingerprint density at radius 3 is 0.857 bits per heavy atom. The molecule has 0 aromatic heterocycles. The van der Waals surface area contributed by atoms with E-state index in [1.54, 1.807) is 0 Å². The van der Waals surface area contributed by atoms with Crippen molar-refractivity contribution in [3.63, 3.8) is 0 Å². The standard InChI is InChI=1S/C31H66N.CNS/c1-5-9-13-16-19-22-25-29-32(28-12-8-4,30-26-23-20-17-14-10-6-2)31-27-24-21-18-15-11-7-3;2-1-3/h5-31H2,1-4H3;/q+1;-1. The Balaban J connectivity index is 0. The normalized spacial score (nSPS) is 11.2. The summed E-state index contributed by atoms with van der Waals surface area (Å²) in [6, 6.07) is 0. The van der Waals surface area contributed by atoms with E-state index in [-0.39, 0.29) is 0 Å². The average Bonchev–Trinajstić information content (AvgIpc) is 2.86. The van der Waals surface area contributed by atoms with Gasteiger partial charge in [-0.2, -0.15) is 5.16 Å². The monoisotopic (exact) mass is 510 g/mol. The van der Waals surface area contributed by atoms with E-state index < -0.39 is 0 Å². The highest BCUT2D eigenvalue weighted by Gasteiger charge is 2.25. The zero-order chi connectivity index (χ0) is 26.3. The van der Waals surface area contributed by atoms with E-state index in [9.17, 15) is 0 Å². The molecule has 0 rings (SSSR count). The van der Waals surface area contributed by atoms with Crippen LogP contribution in [0.4, 0.5) is 0 Å². The summed E-state index contributed by atoms with van der Waals surface area (Å²) in [7, 11) is 0. The predicted molar refractivity (Wildman–Crippen MR) is 165 cm³/mol. The lowest BCUT2D eigenvalue weighted by Crippen LogP contribution is -2.50. The molecule has 0 aliphatic rings. The molecule has 0 aliphatic heterocycles. The lowest BCUT2D eigenvalue weighted by Gasteiger charge is -2.39. The van der Waals surface area contributed by atoms with Crippen LogP contribution in [-0.2, 0) is 0 Å². The molecular formula is C32H66N2S. The number of unbranched alkanes of at least 4 members (excludes halogenated alkanes) is 19. The topological polar surface area (TPSA) is 22.3 Å². The summed E-state index contributed by atoms with van der Waals surface area (Å²) in [5, 5.41) is 8.47. The largest absolute Gasteiger partial charge is 0.753 e. The molecule has 0 aliphatic carbocycles. The molecule has 0 saturated heterocycles. The Kier molecular flexibility index (Phi) is 33.5. The second kappa shape index (κ2) is 31.8. The fraction of sp³-hybridized carbons (Fsp3) is 0.969. The Morgan fingerprint density at radius 2 is 0.600 bits per heavy atom. The molecule has 0 heterocycles. The van der Waals surface area contributed by atoms with Crippen molar-refractivity contribution in [1.29, 1.82) is 0 Å². The zero-order valence-electron chi connectivity index (χ0n) is 24.9. The molecule has 0 fully saturated rings. The van der Waals surface area contributed by atoms with Gasteiger partial charge in [-0.15, -0.1) is 0 Å². The molecule has 0 atom stereocenters. The quantitative estimate of drug-likeness (QED) is 0.0466. The Hall–Kier alpha value is -0.240.